The third-order valence-corrected chi connectivity index (χ3v) is 1.02. The highest BCUT2D eigenvalue weighted by Crippen LogP contribution is 1.90. The number of Topliss-reactive ketones (excluding diaryl/α,β-unsaturated/α-hetero) is 2. The second-order valence-electron chi connectivity index (χ2n) is 2.10. The number of hydrogen-bond acceptors (Lipinski definition) is 4. The molecule has 0 heterocycles. The smallest absolute Gasteiger partial charge is 0.169 e. The minimum absolute atomic E-state index is 0.119. The van der Waals surface area contributed by atoms with Crippen molar-refractivity contribution in [2.24, 2.45) is 5.73 Å². The number of hydrogen-bond donors (Lipinski definition) is 2. The molecule has 58 valence electrons. The first kappa shape index (κ1) is 9.26. The van der Waals surface area contributed by atoms with E-state index >= 15 is 0 Å². The van der Waals surface area contributed by atoms with Gasteiger partial charge in [-0.3, -0.25) is 9.59 Å². The number of aliphatic hydroxyl groups is 1. The number of ketones is 2. The summed E-state index contributed by atoms with van der Waals surface area (Å²) >= 11 is 0. The zero-order chi connectivity index (χ0) is 8.15. The topological polar surface area (TPSA) is 80.4 Å². The highest BCUT2D eigenvalue weighted by atomic mass is 16.3. The van der Waals surface area contributed by atoms with Gasteiger partial charge in [0.1, 0.15) is 11.9 Å². The number of aliphatic hydroxyl groups excluding tert-OH is 1. The Bertz CT molecular complexity index is 144. The van der Waals surface area contributed by atoms with E-state index in [1.165, 1.54) is 6.92 Å². The number of carbonyl (C=O) groups excluding carboxylic acids is 2. The van der Waals surface area contributed by atoms with E-state index in [0.717, 1.165) is 0 Å². The quantitative estimate of drug-likeness (QED) is 0.490. The molecule has 0 aliphatic carbocycles. The Kier molecular flexibility index (Phi) is 3.83. The van der Waals surface area contributed by atoms with Crippen molar-refractivity contribution in [1.29, 1.82) is 0 Å². The minimum atomic E-state index is -1.18. The minimum Gasteiger partial charge on any atom is -0.384 e. The molecule has 0 spiro atoms. The van der Waals surface area contributed by atoms with Gasteiger partial charge in [-0.1, -0.05) is 0 Å². The average Bonchev–Trinajstić information content (AvgIpc) is 1.85. The summed E-state index contributed by atoms with van der Waals surface area (Å²) in [6.07, 6.45) is -1.40. The number of rotatable bonds is 4. The summed E-state index contributed by atoms with van der Waals surface area (Å²) in [5.74, 6) is -0.757. The van der Waals surface area contributed by atoms with Crippen LogP contribution in [-0.2, 0) is 9.59 Å². The molecular weight excluding hydrogens is 134 g/mol. The van der Waals surface area contributed by atoms with Crippen LogP contribution in [0.25, 0.3) is 0 Å². The second-order valence-corrected chi connectivity index (χ2v) is 2.10. The Morgan fingerprint density at radius 1 is 1.60 bits per heavy atom. The van der Waals surface area contributed by atoms with Crippen LogP contribution in [0.5, 0.6) is 0 Å². The third-order valence-electron chi connectivity index (χ3n) is 1.02. The van der Waals surface area contributed by atoms with E-state index in [4.69, 9.17) is 10.8 Å². The van der Waals surface area contributed by atoms with Gasteiger partial charge in [0.05, 0.1) is 6.42 Å². The van der Waals surface area contributed by atoms with Gasteiger partial charge in [-0.05, 0) is 6.92 Å². The monoisotopic (exact) mass is 145 g/mol. The van der Waals surface area contributed by atoms with Crippen molar-refractivity contribution >= 4 is 11.6 Å². The van der Waals surface area contributed by atoms with E-state index in [1.807, 2.05) is 0 Å². The summed E-state index contributed by atoms with van der Waals surface area (Å²) in [4.78, 5) is 20.9. The van der Waals surface area contributed by atoms with Crippen LogP contribution >= 0.6 is 0 Å². The largest absolute Gasteiger partial charge is 0.384 e. The van der Waals surface area contributed by atoms with Crippen molar-refractivity contribution in [3.8, 4) is 0 Å². The van der Waals surface area contributed by atoms with Crippen LogP contribution in [0.4, 0.5) is 0 Å². The lowest BCUT2D eigenvalue weighted by Gasteiger charge is -2.02. The Morgan fingerprint density at radius 2 is 2.10 bits per heavy atom. The molecule has 3 N–H and O–H groups in total. The molecule has 0 aromatic heterocycles. The lowest BCUT2D eigenvalue weighted by molar-refractivity contribution is -0.131. The predicted octanol–water partition coefficient (Wildman–Crippen LogP) is -1.15. The zero-order valence-electron chi connectivity index (χ0n) is 5.83. The summed E-state index contributed by atoms with van der Waals surface area (Å²) in [6, 6.07) is 0. The standard InChI is InChI=1S/C6H11NO3/c1-4(8)2-5(9)6(10)3-7/h6,10H,2-3,7H2,1H3. The molecule has 0 aromatic carbocycles. The van der Waals surface area contributed by atoms with Gasteiger partial charge in [0, 0.05) is 6.54 Å². The molecule has 0 radical (unpaired) electrons. The van der Waals surface area contributed by atoms with E-state index in [9.17, 15) is 9.59 Å². The number of carbonyl (C=O) groups is 2. The van der Waals surface area contributed by atoms with E-state index in [2.05, 4.69) is 0 Å². The fraction of sp³-hybridized carbons (Fsp3) is 0.667. The molecule has 0 saturated carbocycles. The molecule has 0 bridgehead atoms. The van der Waals surface area contributed by atoms with Gasteiger partial charge >= 0.3 is 0 Å². The summed E-state index contributed by atoms with van der Waals surface area (Å²) in [6.45, 7) is 1.17. The fourth-order valence-electron chi connectivity index (χ4n) is 0.495. The van der Waals surface area contributed by atoms with Crippen molar-refractivity contribution in [1.82, 2.24) is 0 Å². The first-order valence-electron chi connectivity index (χ1n) is 2.98. The fourth-order valence-corrected chi connectivity index (χ4v) is 0.495. The molecule has 0 saturated heterocycles. The van der Waals surface area contributed by atoms with Gasteiger partial charge in [0.15, 0.2) is 5.78 Å². The molecule has 4 heteroatoms. The zero-order valence-corrected chi connectivity index (χ0v) is 5.83. The van der Waals surface area contributed by atoms with Crippen molar-refractivity contribution in [2.75, 3.05) is 6.54 Å². The van der Waals surface area contributed by atoms with Crippen molar-refractivity contribution in [2.45, 2.75) is 19.4 Å². The third kappa shape index (κ3) is 3.32. The molecule has 10 heavy (non-hydrogen) atoms. The molecule has 0 aliphatic heterocycles. The van der Waals surface area contributed by atoms with Crippen LogP contribution in [0.15, 0.2) is 0 Å². The molecule has 4 nitrogen and oxygen atoms in total. The summed E-state index contributed by atoms with van der Waals surface area (Å²) in [7, 11) is 0. The molecule has 0 fully saturated rings. The second kappa shape index (κ2) is 4.14. The van der Waals surface area contributed by atoms with E-state index in [1.54, 1.807) is 0 Å². The lowest BCUT2D eigenvalue weighted by Crippen LogP contribution is -2.30. The Morgan fingerprint density at radius 3 is 2.40 bits per heavy atom. The van der Waals surface area contributed by atoms with Crippen LogP contribution in [0.2, 0.25) is 0 Å². The van der Waals surface area contributed by atoms with Crippen LogP contribution < -0.4 is 5.73 Å². The summed E-state index contributed by atoms with van der Waals surface area (Å²) < 4.78 is 0. The van der Waals surface area contributed by atoms with Gasteiger partial charge in [0.2, 0.25) is 0 Å². The van der Waals surface area contributed by atoms with Gasteiger partial charge in [-0.15, -0.1) is 0 Å². The molecule has 0 amide bonds. The highest BCUT2D eigenvalue weighted by Gasteiger charge is 2.13. The van der Waals surface area contributed by atoms with Crippen molar-refractivity contribution in [3.05, 3.63) is 0 Å². The van der Waals surface area contributed by atoms with E-state index in [0.29, 0.717) is 0 Å². The normalized spacial score (nSPS) is 12.7. The van der Waals surface area contributed by atoms with Crippen LogP contribution in [0.3, 0.4) is 0 Å². The maximum Gasteiger partial charge on any atom is 0.169 e. The first-order chi connectivity index (χ1) is 4.57. The van der Waals surface area contributed by atoms with Crippen molar-refractivity contribution in [3.63, 3.8) is 0 Å². The van der Waals surface area contributed by atoms with Crippen LogP contribution in [0.1, 0.15) is 13.3 Å². The number of nitrogens with two attached hydrogens (primary N) is 1. The summed E-state index contributed by atoms with van der Waals surface area (Å²) in [5, 5.41) is 8.75. The van der Waals surface area contributed by atoms with E-state index in [-0.39, 0.29) is 18.7 Å². The maximum atomic E-state index is 10.6. The summed E-state index contributed by atoms with van der Waals surface area (Å²) in [5.41, 5.74) is 4.97. The molecular formula is C6H11NO3. The van der Waals surface area contributed by atoms with Crippen LogP contribution in [-0.4, -0.2) is 29.3 Å². The highest BCUT2D eigenvalue weighted by molar-refractivity contribution is 6.00. The molecule has 0 aromatic rings. The maximum absolute atomic E-state index is 10.6. The van der Waals surface area contributed by atoms with Gasteiger partial charge in [-0.25, -0.2) is 0 Å². The van der Waals surface area contributed by atoms with Gasteiger partial charge in [-0.2, -0.15) is 0 Å². The van der Waals surface area contributed by atoms with E-state index < -0.39 is 11.9 Å². The van der Waals surface area contributed by atoms with Gasteiger partial charge in [0.25, 0.3) is 0 Å². The Hall–Kier alpha value is -0.740. The molecule has 0 aliphatic rings. The Labute approximate surface area is 59.0 Å². The van der Waals surface area contributed by atoms with Gasteiger partial charge < -0.3 is 10.8 Å². The predicted molar refractivity (Wildman–Crippen MR) is 35.4 cm³/mol. The molecule has 1 atom stereocenters. The average molecular weight is 145 g/mol. The molecule has 1 unspecified atom stereocenters. The SMILES string of the molecule is CC(=O)CC(=O)C(O)CN. The van der Waals surface area contributed by atoms with Crippen LogP contribution in [0, 0.1) is 0 Å². The first-order valence-corrected chi connectivity index (χ1v) is 2.98. The van der Waals surface area contributed by atoms with Crippen molar-refractivity contribution < 1.29 is 14.7 Å². The molecule has 0 rings (SSSR count). The Balaban J connectivity index is 3.73. The lowest BCUT2D eigenvalue weighted by atomic mass is 10.1.